The molecule has 20 heavy (non-hydrogen) atoms. The molecule has 2 N–H and O–H groups in total. The van der Waals surface area contributed by atoms with E-state index in [4.69, 9.17) is 5.11 Å². The van der Waals surface area contributed by atoms with Crippen molar-refractivity contribution in [3.63, 3.8) is 0 Å². The van der Waals surface area contributed by atoms with Crippen molar-refractivity contribution in [3.8, 4) is 0 Å². The average molecular weight is 299 g/mol. The van der Waals surface area contributed by atoms with Crippen molar-refractivity contribution in [2.45, 2.75) is 38.0 Å². The molecule has 0 atom stereocenters. The smallest absolute Gasteiger partial charge is 0.303 e. The SMILES string of the molecule is CC(C)CCNS(=O)(=O)c1ccc(CCC(=O)O)cc1. The number of benzene rings is 1. The Kier molecular flexibility index (Phi) is 6.16. The van der Waals surface area contributed by atoms with Gasteiger partial charge in [0.05, 0.1) is 4.90 Å². The highest BCUT2D eigenvalue weighted by Gasteiger charge is 2.13. The van der Waals surface area contributed by atoms with Crippen LogP contribution < -0.4 is 4.72 Å². The van der Waals surface area contributed by atoms with Gasteiger partial charge in [-0.1, -0.05) is 26.0 Å². The first kappa shape index (κ1) is 16.7. The largest absolute Gasteiger partial charge is 0.481 e. The quantitative estimate of drug-likeness (QED) is 0.769. The number of carbonyl (C=O) groups is 1. The van der Waals surface area contributed by atoms with Gasteiger partial charge in [-0.25, -0.2) is 13.1 Å². The van der Waals surface area contributed by atoms with E-state index < -0.39 is 16.0 Å². The van der Waals surface area contributed by atoms with Crippen LogP contribution >= 0.6 is 0 Å². The first-order valence-electron chi connectivity index (χ1n) is 6.61. The van der Waals surface area contributed by atoms with Crippen LogP contribution in [0.2, 0.25) is 0 Å². The Bertz CT molecular complexity index is 535. The summed E-state index contributed by atoms with van der Waals surface area (Å²) in [6, 6.07) is 6.32. The number of aliphatic carboxylic acids is 1. The monoisotopic (exact) mass is 299 g/mol. The second-order valence-corrected chi connectivity index (χ2v) is 6.88. The van der Waals surface area contributed by atoms with E-state index in [1.807, 2.05) is 13.8 Å². The van der Waals surface area contributed by atoms with Crippen molar-refractivity contribution in [1.29, 1.82) is 0 Å². The van der Waals surface area contributed by atoms with Gasteiger partial charge in [0.2, 0.25) is 10.0 Å². The highest BCUT2D eigenvalue weighted by Crippen LogP contribution is 2.12. The molecule has 0 spiro atoms. The minimum absolute atomic E-state index is 0.0404. The average Bonchev–Trinajstić information content (AvgIpc) is 2.36. The molecule has 0 fully saturated rings. The molecule has 0 saturated carbocycles. The first-order chi connectivity index (χ1) is 9.31. The molecule has 5 nitrogen and oxygen atoms in total. The molecule has 0 saturated heterocycles. The zero-order valence-corrected chi connectivity index (χ0v) is 12.6. The molecule has 0 bridgehead atoms. The van der Waals surface area contributed by atoms with E-state index >= 15 is 0 Å². The van der Waals surface area contributed by atoms with E-state index in [1.165, 1.54) is 12.1 Å². The van der Waals surface area contributed by atoms with E-state index in [0.717, 1.165) is 12.0 Å². The number of carboxylic acid groups (broad SMARTS) is 1. The van der Waals surface area contributed by atoms with Gasteiger partial charge >= 0.3 is 5.97 Å². The molecule has 0 aliphatic heterocycles. The molecule has 112 valence electrons. The number of aryl methyl sites for hydroxylation is 1. The normalized spacial score (nSPS) is 11.8. The molecular weight excluding hydrogens is 278 g/mol. The molecule has 0 aliphatic carbocycles. The zero-order valence-electron chi connectivity index (χ0n) is 11.8. The Morgan fingerprint density at radius 3 is 2.35 bits per heavy atom. The van der Waals surface area contributed by atoms with Crippen molar-refractivity contribution < 1.29 is 18.3 Å². The van der Waals surface area contributed by atoms with Gasteiger partial charge in [0.15, 0.2) is 0 Å². The van der Waals surface area contributed by atoms with E-state index in [1.54, 1.807) is 12.1 Å². The molecule has 6 heteroatoms. The van der Waals surface area contributed by atoms with Crippen LogP contribution in [0.3, 0.4) is 0 Å². The minimum Gasteiger partial charge on any atom is -0.481 e. The maximum atomic E-state index is 12.0. The third-order valence-corrected chi connectivity index (χ3v) is 4.35. The van der Waals surface area contributed by atoms with Crippen molar-refractivity contribution in [2.24, 2.45) is 5.92 Å². The fraction of sp³-hybridized carbons (Fsp3) is 0.500. The topological polar surface area (TPSA) is 83.5 Å². The lowest BCUT2D eigenvalue weighted by molar-refractivity contribution is -0.136. The summed E-state index contributed by atoms with van der Waals surface area (Å²) in [4.78, 5) is 10.7. The van der Waals surface area contributed by atoms with Gasteiger partial charge in [-0.3, -0.25) is 4.79 Å². The third kappa shape index (κ3) is 5.71. The summed E-state index contributed by atoms with van der Waals surface area (Å²) in [5, 5.41) is 8.59. The van der Waals surface area contributed by atoms with Gasteiger partial charge in [-0.2, -0.15) is 0 Å². The van der Waals surface area contributed by atoms with Crippen LogP contribution in [0, 0.1) is 5.92 Å². The molecule has 0 aromatic heterocycles. The second-order valence-electron chi connectivity index (χ2n) is 5.12. The van der Waals surface area contributed by atoms with Gasteiger partial charge in [0.1, 0.15) is 0 Å². The van der Waals surface area contributed by atoms with Crippen LogP contribution in [-0.4, -0.2) is 26.0 Å². The van der Waals surface area contributed by atoms with Crippen LogP contribution in [0.5, 0.6) is 0 Å². The predicted molar refractivity (Wildman–Crippen MR) is 77.0 cm³/mol. The lowest BCUT2D eigenvalue weighted by Gasteiger charge is -2.09. The highest BCUT2D eigenvalue weighted by molar-refractivity contribution is 7.89. The number of hydrogen-bond donors (Lipinski definition) is 2. The predicted octanol–water partition coefficient (Wildman–Crippen LogP) is 2.03. The van der Waals surface area contributed by atoms with Gasteiger partial charge in [-0.05, 0) is 36.5 Å². The van der Waals surface area contributed by atoms with Crippen LogP contribution in [0.25, 0.3) is 0 Å². The molecule has 1 aromatic rings. The Morgan fingerprint density at radius 2 is 1.85 bits per heavy atom. The van der Waals surface area contributed by atoms with E-state index in [-0.39, 0.29) is 11.3 Å². The lowest BCUT2D eigenvalue weighted by Crippen LogP contribution is -2.25. The lowest BCUT2D eigenvalue weighted by atomic mass is 10.1. The molecule has 0 unspecified atom stereocenters. The van der Waals surface area contributed by atoms with Crippen molar-refractivity contribution in [1.82, 2.24) is 4.72 Å². The van der Waals surface area contributed by atoms with Crippen molar-refractivity contribution >= 4 is 16.0 Å². The van der Waals surface area contributed by atoms with E-state index in [0.29, 0.717) is 18.9 Å². The standard InChI is InChI=1S/C14H21NO4S/c1-11(2)9-10-15-20(18,19)13-6-3-12(4-7-13)5-8-14(16)17/h3-4,6-7,11,15H,5,8-10H2,1-2H3,(H,16,17). The number of rotatable bonds is 8. The van der Waals surface area contributed by atoms with Crippen LogP contribution in [0.15, 0.2) is 29.2 Å². The van der Waals surface area contributed by atoms with Crippen molar-refractivity contribution in [3.05, 3.63) is 29.8 Å². The summed E-state index contributed by atoms with van der Waals surface area (Å²) >= 11 is 0. The first-order valence-corrected chi connectivity index (χ1v) is 8.10. The Morgan fingerprint density at radius 1 is 1.25 bits per heavy atom. The summed E-state index contributed by atoms with van der Waals surface area (Å²) in [5.74, 6) is -0.423. The van der Waals surface area contributed by atoms with E-state index in [2.05, 4.69) is 4.72 Å². The zero-order chi connectivity index (χ0) is 15.2. The molecule has 1 aromatic carbocycles. The maximum Gasteiger partial charge on any atom is 0.303 e. The Hall–Kier alpha value is -1.40. The molecule has 1 rings (SSSR count). The summed E-state index contributed by atoms with van der Waals surface area (Å²) in [5.41, 5.74) is 0.813. The summed E-state index contributed by atoms with van der Waals surface area (Å²) in [7, 11) is -3.47. The summed E-state index contributed by atoms with van der Waals surface area (Å²) in [6.45, 7) is 4.48. The fourth-order valence-corrected chi connectivity index (χ4v) is 2.70. The Balaban J connectivity index is 2.64. The molecule has 0 radical (unpaired) electrons. The molecular formula is C14H21NO4S. The van der Waals surface area contributed by atoms with E-state index in [9.17, 15) is 13.2 Å². The number of hydrogen-bond acceptors (Lipinski definition) is 3. The molecule has 0 aliphatic rings. The van der Waals surface area contributed by atoms with Gasteiger partial charge < -0.3 is 5.11 Å². The maximum absolute atomic E-state index is 12.0. The van der Waals surface area contributed by atoms with Gasteiger partial charge in [-0.15, -0.1) is 0 Å². The number of sulfonamides is 1. The second kappa shape index (κ2) is 7.40. The minimum atomic E-state index is -3.47. The van der Waals surface area contributed by atoms with Crippen LogP contribution in [-0.2, 0) is 21.2 Å². The van der Waals surface area contributed by atoms with Crippen molar-refractivity contribution in [2.75, 3.05) is 6.54 Å². The molecule has 0 amide bonds. The Labute approximate surface area is 120 Å². The van der Waals surface area contributed by atoms with Gasteiger partial charge in [0.25, 0.3) is 0 Å². The fourth-order valence-electron chi connectivity index (χ4n) is 1.65. The molecule has 0 heterocycles. The van der Waals surface area contributed by atoms with Gasteiger partial charge in [0, 0.05) is 13.0 Å². The third-order valence-electron chi connectivity index (χ3n) is 2.87. The highest BCUT2D eigenvalue weighted by atomic mass is 32.2. The number of nitrogens with one attached hydrogen (secondary N) is 1. The van der Waals surface area contributed by atoms with Crippen LogP contribution in [0.1, 0.15) is 32.3 Å². The summed E-state index contributed by atoms with van der Waals surface area (Å²) in [6.07, 6.45) is 1.23. The van der Waals surface area contributed by atoms with Crippen LogP contribution in [0.4, 0.5) is 0 Å². The number of carboxylic acids is 1. The summed E-state index contributed by atoms with van der Waals surface area (Å²) < 4.78 is 26.5.